The molecule has 2 heterocycles. The van der Waals surface area contributed by atoms with Crippen LogP contribution in [-0.2, 0) is 28.6 Å². The van der Waals surface area contributed by atoms with E-state index in [-0.39, 0.29) is 30.0 Å². The first-order valence-electron chi connectivity index (χ1n) is 9.02. The molecule has 7 heteroatoms. The molecule has 0 aromatic heterocycles. The average Bonchev–Trinajstić information content (AvgIpc) is 2.95. The van der Waals surface area contributed by atoms with Crippen LogP contribution < -0.4 is 0 Å². The van der Waals surface area contributed by atoms with Gasteiger partial charge in [0.15, 0.2) is 6.10 Å². The summed E-state index contributed by atoms with van der Waals surface area (Å²) in [5.74, 6) is -1.74. The van der Waals surface area contributed by atoms with Crippen molar-refractivity contribution in [2.75, 3.05) is 6.54 Å². The van der Waals surface area contributed by atoms with Crippen molar-refractivity contribution in [1.82, 2.24) is 5.06 Å². The average molecular weight is 357 g/mol. The molecule has 144 valence electrons. The highest BCUT2D eigenvalue weighted by molar-refractivity contribution is 5.85. The van der Waals surface area contributed by atoms with Crippen molar-refractivity contribution in [3.8, 4) is 0 Å². The molecule has 0 bridgehead atoms. The van der Waals surface area contributed by atoms with Gasteiger partial charge in [-0.15, -0.1) is 0 Å². The number of carbonyl (C=O) groups excluding carboxylic acids is 2. The number of nitrogens with zero attached hydrogens (tertiary/aromatic N) is 1. The summed E-state index contributed by atoms with van der Waals surface area (Å²) in [4.78, 5) is 31.0. The molecule has 25 heavy (non-hydrogen) atoms. The van der Waals surface area contributed by atoms with Crippen LogP contribution in [0.2, 0.25) is 0 Å². The summed E-state index contributed by atoms with van der Waals surface area (Å²) < 4.78 is 16.8. The fraction of sp³-hybridized carbons (Fsp3) is 0.889. The Morgan fingerprint density at radius 1 is 1.04 bits per heavy atom. The van der Waals surface area contributed by atoms with E-state index in [9.17, 15) is 9.59 Å². The van der Waals surface area contributed by atoms with Crippen LogP contribution in [0.4, 0.5) is 0 Å². The van der Waals surface area contributed by atoms with Gasteiger partial charge in [0.05, 0.1) is 30.0 Å². The number of rotatable bonds is 5. The Hall–Kier alpha value is -1.18. The first kappa shape index (κ1) is 20.1. The standard InChI is InChI=1S/C18H31NO6/c1-10(2)22-16(20)13-14-12(24-18(5,6)7)8-9-19(14)25-15(13)17(21)23-11(3)4/h10-15H,8-9H2,1-7H3/t12-,13-,14-,15+/m0/s1. The van der Waals surface area contributed by atoms with Crippen LogP contribution in [-0.4, -0.2) is 59.6 Å². The lowest BCUT2D eigenvalue weighted by molar-refractivity contribution is -0.190. The third kappa shape index (κ3) is 4.92. The highest BCUT2D eigenvalue weighted by Gasteiger charge is 2.58. The molecular weight excluding hydrogens is 326 g/mol. The summed E-state index contributed by atoms with van der Waals surface area (Å²) in [6.45, 7) is 13.6. The summed E-state index contributed by atoms with van der Waals surface area (Å²) in [5, 5.41) is 1.69. The van der Waals surface area contributed by atoms with Gasteiger partial charge >= 0.3 is 11.9 Å². The Labute approximate surface area is 149 Å². The summed E-state index contributed by atoms with van der Waals surface area (Å²) in [7, 11) is 0. The minimum absolute atomic E-state index is 0.207. The van der Waals surface area contributed by atoms with Crippen LogP contribution in [0.3, 0.4) is 0 Å². The van der Waals surface area contributed by atoms with Gasteiger partial charge in [0.1, 0.15) is 5.92 Å². The van der Waals surface area contributed by atoms with Gasteiger partial charge in [0.25, 0.3) is 0 Å². The topological polar surface area (TPSA) is 74.3 Å². The Morgan fingerprint density at radius 3 is 2.12 bits per heavy atom. The zero-order valence-electron chi connectivity index (χ0n) is 16.3. The van der Waals surface area contributed by atoms with Gasteiger partial charge in [-0.25, -0.2) is 4.79 Å². The lowest BCUT2D eigenvalue weighted by atomic mass is 9.91. The van der Waals surface area contributed by atoms with Crippen molar-refractivity contribution in [2.45, 2.75) is 90.9 Å². The number of carbonyl (C=O) groups is 2. The second kappa shape index (κ2) is 7.60. The largest absolute Gasteiger partial charge is 0.463 e. The second-order valence-electron chi connectivity index (χ2n) is 8.21. The van der Waals surface area contributed by atoms with Gasteiger partial charge in [-0.2, -0.15) is 5.06 Å². The van der Waals surface area contributed by atoms with Crippen molar-refractivity contribution >= 4 is 11.9 Å². The van der Waals surface area contributed by atoms with Gasteiger partial charge in [0.2, 0.25) is 0 Å². The molecule has 0 N–H and O–H groups in total. The number of hydrogen-bond acceptors (Lipinski definition) is 7. The van der Waals surface area contributed by atoms with Crippen molar-refractivity contribution in [1.29, 1.82) is 0 Å². The molecular formula is C18H31NO6. The minimum atomic E-state index is -0.995. The summed E-state index contributed by atoms with van der Waals surface area (Å²) in [6, 6.07) is -0.352. The van der Waals surface area contributed by atoms with Crippen LogP contribution in [0.1, 0.15) is 54.9 Å². The van der Waals surface area contributed by atoms with E-state index >= 15 is 0 Å². The monoisotopic (exact) mass is 357 g/mol. The first-order valence-corrected chi connectivity index (χ1v) is 9.02. The summed E-state index contributed by atoms with van der Waals surface area (Å²) in [6.07, 6.45) is -1.02. The van der Waals surface area contributed by atoms with Gasteiger partial charge in [0, 0.05) is 6.54 Å². The molecule has 4 atom stereocenters. The third-order valence-electron chi connectivity index (χ3n) is 4.00. The second-order valence-corrected chi connectivity index (χ2v) is 8.21. The van der Waals surface area contributed by atoms with Crippen LogP contribution in [0.25, 0.3) is 0 Å². The molecule has 7 nitrogen and oxygen atoms in total. The van der Waals surface area contributed by atoms with Gasteiger partial charge in [-0.3, -0.25) is 9.63 Å². The molecule has 0 saturated carbocycles. The van der Waals surface area contributed by atoms with Gasteiger partial charge in [-0.05, 0) is 54.9 Å². The lowest BCUT2D eigenvalue weighted by Crippen LogP contribution is -2.46. The molecule has 2 aliphatic heterocycles. The molecule has 2 saturated heterocycles. The van der Waals surface area contributed by atoms with Crippen molar-refractivity contribution in [2.24, 2.45) is 5.92 Å². The lowest BCUT2D eigenvalue weighted by Gasteiger charge is -2.30. The SMILES string of the molecule is CC(C)OC(=O)[C@H]1[C@@H]2[C@@H](OC(C)(C)C)CCN2O[C@H]1C(=O)OC(C)C. The Morgan fingerprint density at radius 2 is 1.60 bits per heavy atom. The number of hydroxylamine groups is 2. The maximum atomic E-state index is 12.7. The number of hydrogen-bond donors (Lipinski definition) is 0. The van der Waals surface area contributed by atoms with E-state index in [4.69, 9.17) is 19.0 Å². The predicted molar refractivity (Wildman–Crippen MR) is 90.6 cm³/mol. The van der Waals surface area contributed by atoms with E-state index in [1.165, 1.54) is 0 Å². The molecule has 0 unspecified atom stereocenters. The highest BCUT2D eigenvalue weighted by atomic mass is 16.7. The Kier molecular flexibility index (Phi) is 6.12. The highest BCUT2D eigenvalue weighted by Crippen LogP contribution is 2.39. The van der Waals surface area contributed by atoms with Crippen LogP contribution in [0, 0.1) is 5.92 Å². The Balaban J connectivity index is 2.25. The smallest absolute Gasteiger partial charge is 0.338 e. The van der Waals surface area contributed by atoms with E-state index in [2.05, 4.69) is 0 Å². The fourth-order valence-electron chi connectivity index (χ4n) is 3.33. The molecule has 0 radical (unpaired) electrons. The minimum Gasteiger partial charge on any atom is -0.463 e. The van der Waals surface area contributed by atoms with Crippen LogP contribution in [0.15, 0.2) is 0 Å². The number of ether oxygens (including phenoxy) is 3. The van der Waals surface area contributed by atoms with Gasteiger partial charge < -0.3 is 14.2 Å². The molecule has 2 rings (SSSR count). The van der Waals surface area contributed by atoms with Crippen molar-refractivity contribution < 1.29 is 28.6 Å². The molecule has 2 fully saturated rings. The van der Waals surface area contributed by atoms with E-state index in [1.807, 2.05) is 20.8 Å². The Bertz CT molecular complexity index is 498. The third-order valence-corrected chi connectivity index (χ3v) is 4.00. The zero-order valence-corrected chi connectivity index (χ0v) is 16.3. The van der Waals surface area contributed by atoms with E-state index in [0.29, 0.717) is 6.54 Å². The maximum absolute atomic E-state index is 12.7. The predicted octanol–water partition coefficient (Wildman–Crippen LogP) is 2.08. The zero-order chi connectivity index (χ0) is 18.9. The molecule has 0 aromatic rings. The van der Waals surface area contributed by atoms with Crippen LogP contribution in [0.5, 0.6) is 0 Å². The van der Waals surface area contributed by atoms with E-state index in [1.54, 1.807) is 32.8 Å². The van der Waals surface area contributed by atoms with E-state index < -0.39 is 24.0 Å². The first-order chi connectivity index (χ1) is 11.5. The maximum Gasteiger partial charge on any atom is 0.338 e. The van der Waals surface area contributed by atoms with Crippen molar-refractivity contribution in [3.05, 3.63) is 0 Å². The summed E-state index contributed by atoms with van der Waals surface area (Å²) >= 11 is 0. The molecule has 0 aromatic carbocycles. The normalized spacial score (nSPS) is 30.0. The quantitative estimate of drug-likeness (QED) is 0.697. The summed E-state index contributed by atoms with van der Waals surface area (Å²) in [5.41, 5.74) is -0.357. The molecule has 0 aliphatic carbocycles. The number of esters is 2. The fourth-order valence-corrected chi connectivity index (χ4v) is 3.33. The molecule has 2 aliphatic rings. The van der Waals surface area contributed by atoms with Crippen molar-refractivity contribution in [3.63, 3.8) is 0 Å². The number of fused-ring (bicyclic) bond motifs is 1. The molecule has 0 spiro atoms. The molecule has 0 amide bonds. The van der Waals surface area contributed by atoms with Gasteiger partial charge in [-0.1, -0.05) is 0 Å². The van der Waals surface area contributed by atoms with Crippen LogP contribution >= 0.6 is 0 Å². The van der Waals surface area contributed by atoms with E-state index in [0.717, 1.165) is 6.42 Å².